The molecular formula is C9H6BrF3N4. The Balaban J connectivity index is 2.73. The smallest absolute Gasteiger partial charge is 0.308 e. The molecule has 0 atom stereocenters. The van der Waals surface area contributed by atoms with E-state index in [1.165, 1.54) is 12.3 Å². The minimum atomic E-state index is -4.48. The third-order valence-corrected chi connectivity index (χ3v) is 2.69. The van der Waals surface area contributed by atoms with Gasteiger partial charge < -0.3 is 5.43 Å². The van der Waals surface area contributed by atoms with E-state index in [1.54, 1.807) is 0 Å². The number of alkyl halides is 3. The van der Waals surface area contributed by atoms with Crippen LogP contribution in [-0.4, -0.2) is 9.97 Å². The topological polar surface area (TPSA) is 63.8 Å². The standard InChI is InChI=1S/C9H6BrF3N4/c10-5-3-15-8(17-14)4-1-2-6(9(11,12)13)16-7(4)5/h1-3H,14H2,(H,15,17). The first-order chi connectivity index (χ1) is 7.93. The zero-order chi connectivity index (χ0) is 12.6. The summed E-state index contributed by atoms with van der Waals surface area (Å²) in [5.41, 5.74) is 1.50. The molecule has 0 unspecified atom stereocenters. The van der Waals surface area contributed by atoms with Crippen LogP contribution in [0.3, 0.4) is 0 Å². The van der Waals surface area contributed by atoms with Gasteiger partial charge in [-0.15, -0.1) is 0 Å². The first kappa shape index (κ1) is 12.1. The minimum absolute atomic E-state index is 0.155. The number of pyridine rings is 2. The molecule has 2 rings (SSSR count). The fourth-order valence-electron chi connectivity index (χ4n) is 1.36. The third kappa shape index (κ3) is 2.18. The molecule has 0 aliphatic rings. The molecule has 0 fully saturated rings. The highest BCUT2D eigenvalue weighted by molar-refractivity contribution is 9.10. The molecule has 0 spiro atoms. The van der Waals surface area contributed by atoms with Gasteiger partial charge in [0.05, 0.1) is 9.99 Å². The van der Waals surface area contributed by atoms with Crippen molar-refractivity contribution in [3.05, 3.63) is 28.5 Å². The maximum atomic E-state index is 12.5. The summed E-state index contributed by atoms with van der Waals surface area (Å²) in [5.74, 6) is 5.48. The van der Waals surface area contributed by atoms with E-state index < -0.39 is 11.9 Å². The molecule has 8 heteroatoms. The second-order valence-electron chi connectivity index (χ2n) is 3.19. The zero-order valence-corrected chi connectivity index (χ0v) is 9.80. The Morgan fingerprint density at radius 1 is 1.29 bits per heavy atom. The van der Waals surface area contributed by atoms with Gasteiger partial charge in [0, 0.05) is 11.6 Å². The predicted molar refractivity (Wildman–Crippen MR) is 60.1 cm³/mol. The lowest BCUT2D eigenvalue weighted by Crippen LogP contribution is -2.11. The van der Waals surface area contributed by atoms with Crippen molar-refractivity contribution in [2.45, 2.75) is 6.18 Å². The predicted octanol–water partition coefficient (Wildman–Crippen LogP) is 2.70. The molecular weight excluding hydrogens is 301 g/mol. The molecule has 3 N–H and O–H groups in total. The van der Waals surface area contributed by atoms with Gasteiger partial charge in [0.25, 0.3) is 0 Å². The van der Waals surface area contributed by atoms with Gasteiger partial charge in [-0.3, -0.25) is 0 Å². The van der Waals surface area contributed by atoms with Crippen LogP contribution in [0.1, 0.15) is 5.69 Å². The number of halogens is 4. The van der Waals surface area contributed by atoms with E-state index in [1.807, 2.05) is 0 Å². The largest absolute Gasteiger partial charge is 0.433 e. The summed E-state index contributed by atoms with van der Waals surface area (Å²) in [6.07, 6.45) is -3.14. The van der Waals surface area contributed by atoms with Crippen LogP contribution in [-0.2, 0) is 6.18 Å². The Labute approximate surface area is 102 Å². The molecule has 2 heterocycles. The molecule has 17 heavy (non-hydrogen) atoms. The molecule has 0 radical (unpaired) electrons. The van der Waals surface area contributed by atoms with E-state index in [4.69, 9.17) is 5.84 Å². The van der Waals surface area contributed by atoms with Crippen molar-refractivity contribution >= 4 is 32.7 Å². The van der Waals surface area contributed by atoms with Crippen LogP contribution in [0.4, 0.5) is 19.0 Å². The highest BCUT2D eigenvalue weighted by atomic mass is 79.9. The van der Waals surface area contributed by atoms with Gasteiger partial charge in [0.15, 0.2) is 0 Å². The fourth-order valence-corrected chi connectivity index (χ4v) is 1.76. The molecule has 0 saturated heterocycles. The van der Waals surface area contributed by atoms with Crippen molar-refractivity contribution in [3.63, 3.8) is 0 Å². The summed E-state index contributed by atoms with van der Waals surface area (Å²) < 4.78 is 37.9. The van der Waals surface area contributed by atoms with E-state index in [0.29, 0.717) is 9.86 Å². The van der Waals surface area contributed by atoms with Crippen molar-refractivity contribution in [3.8, 4) is 0 Å². The van der Waals surface area contributed by atoms with Gasteiger partial charge in [-0.05, 0) is 28.1 Å². The van der Waals surface area contributed by atoms with E-state index in [0.717, 1.165) is 6.07 Å². The molecule has 0 aromatic carbocycles. The summed E-state index contributed by atoms with van der Waals surface area (Å²) in [4.78, 5) is 7.46. The van der Waals surface area contributed by atoms with Crippen LogP contribution in [0.15, 0.2) is 22.8 Å². The number of hydrogen-bond donors (Lipinski definition) is 2. The van der Waals surface area contributed by atoms with Crippen molar-refractivity contribution in [1.82, 2.24) is 9.97 Å². The van der Waals surface area contributed by atoms with E-state index in [2.05, 4.69) is 31.3 Å². The molecule has 4 nitrogen and oxygen atoms in total. The van der Waals surface area contributed by atoms with Gasteiger partial charge in [-0.2, -0.15) is 13.2 Å². The lowest BCUT2D eigenvalue weighted by atomic mass is 10.2. The fraction of sp³-hybridized carbons (Fsp3) is 0.111. The first-order valence-corrected chi connectivity index (χ1v) is 5.22. The Kier molecular flexibility index (Phi) is 2.92. The van der Waals surface area contributed by atoms with Crippen LogP contribution in [0.5, 0.6) is 0 Å². The highest BCUT2D eigenvalue weighted by Gasteiger charge is 2.32. The lowest BCUT2D eigenvalue weighted by molar-refractivity contribution is -0.140. The average molecular weight is 307 g/mol. The number of nitrogen functional groups attached to an aromatic ring is 1. The zero-order valence-electron chi connectivity index (χ0n) is 8.22. The lowest BCUT2D eigenvalue weighted by Gasteiger charge is -2.09. The molecule has 0 aliphatic heterocycles. The maximum absolute atomic E-state index is 12.5. The summed E-state index contributed by atoms with van der Waals surface area (Å²) in [6.45, 7) is 0. The Bertz CT molecular complexity index is 570. The van der Waals surface area contributed by atoms with Gasteiger partial charge in [-0.1, -0.05) is 0 Å². The molecule has 0 saturated carbocycles. The number of hydrazine groups is 1. The number of anilines is 1. The van der Waals surface area contributed by atoms with Crippen molar-refractivity contribution in [2.75, 3.05) is 5.43 Å². The highest BCUT2D eigenvalue weighted by Crippen LogP contribution is 2.32. The minimum Gasteiger partial charge on any atom is -0.308 e. The average Bonchev–Trinajstić information content (AvgIpc) is 2.28. The van der Waals surface area contributed by atoms with Crippen LogP contribution in [0.25, 0.3) is 10.9 Å². The number of nitrogens with two attached hydrogens (primary N) is 1. The SMILES string of the molecule is NNc1ncc(Br)c2nc(C(F)(F)F)ccc12. The second-order valence-corrected chi connectivity index (χ2v) is 4.04. The molecule has 90 valence electrons. The van der Waals surface area contributed by atoms with Crippen LogP contribution >= 0.6 is 15.9 Å². The second kappa shape index (κ2) is 4.11. The third-order valence-electron chi connectivity index (χ3n) is 2.11. The van der Waals surface area contributed by atoms with Crippen molar-refractivity contribution in [1.29, 1.82) is 0 Å². The van der Waals surface area contributed by atoms with Crippen molar-refractivity contribution in [2.24, 2.45) is 5.84 Å². The summed E-state index contributed by atoms with van der Waals surface area (Å²) >= 11 is 3.10. The Morgan fingerprint density at radius 3 is 2.59 bits per heavy atom. The van der Waals surface area contributed by atoms with E-state index in [9.17, 15) is 13.2 Å². The molecule has 0 bridgehead atoms. The van der Waals surface area contributed by atoms with Gasteiger partial charge in [0.2, 0.25) is 0 Å². The van der Waals surface area contributed by atoms with Crippen LogP contribution in [0.2, 0.25) is 0 Å². The summed E-state index contributed by atoms with van der Waals surface area (Å²) in [6, 6.07) is 2.16. The number of nitrogens with zero attached hydrogens (tertiary/aromatic N) is 2. The quantitative estimate of drug-likeness (QED) is 0.628. The Hall–Kier alpha value is -1.41. The summed E-state index contributed by atoms with van der Waals surface area (Å²) in [5, 5.41) is 0.412. The normalized spacial score (nSPS) is 11.8. The molecule has 0 aliphatic carbocycles. The number of hydrogen-bond acceptors (Lipinski definition) is 4. The Morgan fingerprint density at radius 2 is 2.00 bits per heavy atom. The van der Waals surface area contributed by atoms with Crippen LogP contribution in [0, 0.1) is 0 Å². The number of fused-ring (bicyclic) bond motifs is 1. The monoisotopic (exact) mass is 306 g/mol. The van der Waals surface area contributed by atoms with Crippen molar-refractivity contribution < 1.29 is 13.2 Å². The maximum Gasteiger partial charge on any atom is 0.433 e. The first-order valence-electron chi connectivity index (χ1n) is 4.42. The van der Waals surface area contributed by atoms with E-state index in [-0.39, 0.29) is 11.3 Å². The molecule has 2 aromatic heterocycles. The van der Waals surface area contributed by atoms with Crippen LogP contribution < -0.4 is 11.3 Å². The van der Waals surface area contributed by atoms with Gasteiger partial charge >= 0.3 is 6.18 Å². The molecule has 2 aromatic rings. The number of aromatic nitrogens is 2. The molecule has 0 amide bonds. The van der Waals surface area contributed by atoms with E-state index >= 15 is 0 Å². The number of rotatable bonds is 1. The summed E-state index contributed by atoms with van der Waals surface area (Å²) in [7, 11) is 0. The number of nitrogens with one attached hydrogen (secondary N) is 1. The van der Waals surface area contributed by atoms with Gasteiger partial charge in [-0.25, -0.2) is 15.8 Å². The van der Waals surface area contributed by atoms with Gasteiger partial charge in [0.1, 0.15) is 11.5 Å².